The highest BCUT2D eigenvalue weighted by Gasteiger charge is 2.08. The first kappa shape index (κ1) is 11.5. The van der Waals surface area contributed by atoms with E-state index in [0.717, 1.165) is 11.4 Å². The van der Waals surface area contributed by atoms with Crippen LogP contribution in [-0.2, 0) is 6.54 Å². The normalized spacial score (nSPS) is 10.6. The van der Waals surface area contributed by atoms with Crippen molar-refractivity contribution in [2.45, 2.75) is 13.5 Å². The van der Waals surface area contributed by atoms with Gasteiger partial charge in [0.05, 0.1) is 6.54 Å². The summed E-state index contributed by atoms with van der Waals surface area (Å²) in [5, 5.41) is 11.9. The Kier molecular flexibility index (Phi) is 3.02. The van der Waals surface area contributed by atoms with Crippen LogP contribution in [0.15, 0.2) is 48.8 Å². The van der Waals surface area contributed by atoms with E-state index in [1.165, 1.54) is 11.1 Å². The Morgan fingerprint density at radius 2 is 1.95 bits per heavy atom. The number of aryl methyl sites for hydroxylation is 1. The summed E-state index contributed by atoms with van der Waals surface area (Å²) < 4.78 is 1.80. The monoisotopic (exact) mass is 251 g/mol. The molecule has 94 valence electrons. The number of nitrogens with zero attached hydrogens (tertiary/aromatic N) is 5. The van der Waals surface area contributed by atoms with Gasteiger partial charge in [0.1, 0.15) is 0 Å². The minimum Gasteiger partial charge on any atom is -0.265 e. The van der Waals surface area contributed by atoms with Gasteiger partial charge >= 0.3 is 0 Å². The third-order valence-corrected chi connectivity index (χ3v) is 2.89. The molecule has 2 aromatic heterocycles. The minimum atomic E-state index is 0.659. The van der Waals surface area contributed by atoms with Gasteiger partial charge in [0.15, 0.2) is 5.82 Å². The summed E-state index contributed by atoms with van der Waals surface area (Å²) >= 11 is 0. The lowest BCUT2D eigenvalue weighted by Gasteiger charge is -2.05. The first-order chi connectivity index (χ1) is 9.33. The fourth-order valence-corrected chi connectivity index (χ4v) is 2.00. The van der Waals surface area contributed by atoms with E-state index >= 15 is 0 Å². The van der Waals surface area contributed by atoms with E-state index in [4.69, 9.17) is 0 Å². The molecule has 0 aliphatic heterocycles. The predicted octanol–water partition coefficient (Wildman–Crippen LogP) is 2.09. The van der Waals surface area contributed by atoms with Crippen LogP contribution in [0.5, 0.6) is 0 Å². The predicted molar refractivity (Wildman–Crippen MR) is 71.3 cm³/mol. The number of rotatable bonds is 3. The third-order valence-electron chi connectivity index (χ3n) is 2.89. The topological polar surface area (TPSA) is 56.5 Å². The van der Waals surface area contributed by atoms with Crippen molar-refractivity contribution < 1.29 is 0 Å². The summed E-state index contributed by atoms with van der Waals surface area (Å²) in [5.74, 6) is 0.754. The van der Waals surface area contributed by atoms with E-state index in [1.807, 2.05) is 18.2 Å². The van der Waals surface area contributed by atoms with Gasteiger partial charge in [0.25, 0.3) is 0 Å². The van der Waals surface area contributed by atoms with E-state index in [0.29, 0.717) is 6.54 Å². The standard InChI is InChI=1S/C14H13N5/c1-11-3-2-4-12(9-11)10-19-14(16-17-18-19)13-5-7-15-8-6-13/h2-9H,10H2,1H3. The van der Waals surface area contributed by atoms with Gasteiger partial charge in [-0.1, -0.05) is 29.8 Å². The number of aromatic nitrogens is 5. The quantitative estimate of drug-likeness (QED) is 0.715. The van der Waals surface area contributed by atoms with Crippen molar-refractivity contribution in [3.63, 3.8) is 0 Å². The highest BCUT2D eigenvalue weighted by atomic mass is 15.5. The number of hydrogen-bond donors (Lipinski definition) is 0. The molecule has 0 saturated heterocycles. The Morgan fingerprint density at radius 1 is 1.11 bits per heavy atom. The van der Waals surface area contributed by atoms with Crippen LogP contribution >= 0.6 is 0 Å². The van der Waals surface area contributed by atoms with Crippen LogP contribution in [0, 0.1) is 6.92 Å². The summed E-state index contributed by atoms with van der Waals surface area (Å²) in [6.45, 7) is 2.74. The fraction of sp³-hybridized carbons (Fsp3) is 0.143. The first-order valence-corrected chi connectivity index (χ1v) is 6.05. The van der Waals surface area contributed by atoms with Crippen molar-refractivity contribution >= 4 is 0 Å². The molecular formula is C14H13N5. The second kappa shape index (κ2) is 4.97. The van der Waals surface area contributed by atoms with E-state index in [-0.39, 0.29) is 0 Å². The van der Waals surface area contributed by atoms with Gasteiger partial charge < -0.3 is 0 Å². The maximum atomic E-state index is 4.08. The van der Waals surface area contributed by atoms with E-state index in [1.54, 1.807) is 17.1 Å². The van der Waals surface area contributed by atoms with Crippen LogP contribution in [0.25, 0.3) is 11.4 Å². The van der Waals surface area contributed by atoms with Crippen LogP contribution in [0.1, 0.15) is 11.1 Å². The largest absolute Gasteiger partial charge is 0.265 e. The molecule has 1 aromatic carbocycles. The molecule has 19 heavy (non-hydrogen) atoms. The molecule has 5 nitrogen and oxygen atoms in total. The zero-order chi connectivity index (χ0) is 13.1. The van der Waals surface area contributed by atoms with Crippen LogP contribution in [-0.4, -0.2) is 25.2 Å². The Hall–Kier alpha value is -2.56. The summed E-state index contributed by atoms with van der Waals surface area (Å²) in [7, 11) is 0. The van der Waals surface area contributed by atoms with Gasteiger partial charge in [-0.15, -0.1) is 5.10 Å². The lowest BCUT2D eigenvalue weighted by molar-refractivity contribution is 0.653. The summed E-state index contributed by atoms with van der Waals surface area (Å²) in [6.07, 6.45) is 3.47. The molecule has 0 atom stereocenters. The smallest absolute Gasteiger partial charge is 0.182 e. The molecule has 0 unspecified atom stereocenters. The Labute approximate surface area is 110 Å². The Bertz CT molecular complexity index is 675. The molecule has 2 heterocycles. The number of benzene rings is 1. The van der Waals surface area contributed by atoms with Crippen LogP contribution in [0.4, 0.5) is 0 Å². The molecule has 0 amide bonds. The number of hydrogen-bond acceptors (Lipinski definition) is 4. The van der Waals surface area contributed by atoms with Gasteiger partial charge in [-0.2, -0.15) is 0 Å². The summed E-state index contributed by atoms with van der Waals surface area (Å²) in [6, 6.07) is 12.1. The van der Waals surface area contributed by atoms with Crippen molar-refractivity contribution in [2.24, 2.45) is 0 Å². The summed E-state index contributed by atoms with van der Waals surface area (Å²) in [4.78, 5) is 4.00. The minimum absolute atomic E-state index is 0.659. The van der Waals surface area contributed by atoms with E-state index < -0.39 is 0 Å². The molecule has 5 heteroatoms. The summed E-state index contributed by atoms with van der Waals surface area (Å²) in [5.41, 5.74) is 3.38. The molecule has 0 radical (unpaired) electrons. The second-order valence-corrected chi connectivity index (χ2v) is 4.39. The van der Waals surface area contributed by atoms with Crippen molar-refractivity contribution in [3.05, 3.63) is 59.9 Å². The van der Waals surface area contributed by atoms with Crippen LogP contribution in [0.2, 0.25) is 0 Å². The SMILES string of the molecule is Cc1cccc(Cn2nnnc2-c2ccncc2)c1. The Balaban J connectivity index is 1.93. The number of pyridine rings is 1. The van der Waals surface area contributed by atoms with Gasteiger partial charge in [-0.3, -0.25) is 4.98 Å². The molecule has 0 aliphatic rings. The van der Waals surface area contributed by atoms with Gasteiger partial charge in [-0.05, 0) is 35.0 Å². The van der Waals surface area contributed by atoms with Crippen molar-refractivity contribution in [1.29, 1.82) is 0 Å². The van der Waals surface area contributed by atoms with Crippen molar-refractivity contribution in [1.82, 2.24) is 25.2 Å². The highest BCUT2D eigenvalue weighted by molar-refractivity contribution is 5.53. The maximum Gasteiger partial charge on any atom is 0.182 e. The molecule has 0 spiro atoms. The molecular weight excluding hydrogens is 238 g/mol. The van der Waals surface area contributed by atoms with Crippen LogP contribution in [0.3, 0.4) is 0 Å². The lowest BCUT2D eigenvalue weighted by atomic mass is 10.1. The van der Waals surface area contributed by atoms with Crippen LogP contribution < -0.4 is 0 Å². The highest BCUT2D eigenvalue weighted by Crippen LogP contribution is 2.15. The average molecular weight is 251 g/mol. The maximum absolute atomic E-state index is 4.08. The lowest BCUT2D eigenvalue weighted by Crippen LogP contribution is -2.04. The molecule has 3 rings (SSSR count). The zero-order valence-electron chi connectivity index (χ0n) is 10.6. The average Bonchev–Trinajstić information content (AvgIpc) is 2.88. The second-order valence-electron chi connectivity index (χ2n) is 4.39. The molecule has 3 aromatic rings. The van der Waals surface area contributed by atoms with E-state index in [2.05, 4.69) is 45.6 Å². The zero-order valence-corrected chi connectivity index (χ0v) is 10.6. The Morgan fingerprint density at radius 3 is 2.74 bits per heavy atom. The molecule has 0 bridgehead atoms. The van der Waals surface area contributed by atoms with Gasteiger partial charge in [0.2, 0.25) is 0 Å². The molecule has 0 aliphatic carbocycles. The van der Waals surface area contributed by atoms with Gasteiger partial charge in [-0.25, -0.2) is 4.68 Å². The third kappa shape index (κ3) is 2.49. The molecule has 0 N–H and O–H groups in total. The molecule has 0 fully saturated rings. The molecule has 0 saturated carbocycles. The van der Waals surface area contributed by atoms with Crippen molar-refractivity contribution in [2.75, 3.05) is 0 Å². The van der Waals surface area contributed by atoms with Crippen molar-refractivity contribution in [3.8, 4) is 11.4 Å². The first-order valence-electron chi connectivity index (χ1n) is 6.05. The van der Waals surface area contributed by atoms with Gasteiger partial charge in [0, 0.05) is 18.0 Å². The van der Waals surface area contributed by atoms with E-state index in [9.17, 15) is 0 Å². The number of tetrazole rings is 1. The fourth-order valence-electron chi connectivity index (χ4n) is 2.00.